The Hall–Kier alpha value is -2.96. The summed E-state index contributed by atoms with van der Waals surface area (Å²) in [5, 5.41) is 11.2. The Morgan fingerprint density at radius 3 is 2.32 bits per heavy atom. The minimum Gasteiger partial charge on any atom is -0.486 e. The highest BCUT2D eigenvalue weighted by molar-refractivity contribution is 6.37. The van der Waals surface area contributed by atoms with Gasteiger partial charge in [0.1, 0.15) is 12.4 Å². The van der Waals surface area contributed by atoms with Gasteiger partial charge in [-0.3, -0.25) is 15.1 Å². The number of rotatable bonds is 6. The third-order valence-corrected chi connectivity index (χ3v) is 4.34. The van der Waals surface area contributed by atoms with Crippen LogP contribution in [0.15, 0.2) is 65.7 Å². The van der Waals surface area contributed by atoms with Crippen molar-refractivity contribution in [1.29, 1.82) is 0 Å². The van der Waals surface area contributed by atoms with E-state index in [1.165, 1.54) is 36.5 Å². The fraction of sp³-hybridized carbons (Fsp3) is 0.0500. The molecule has 8 heteroatoms. The third kappa shape index (κ3) is 4.85. The van der Waals surface area contributed by atoms with Crippen molar-refractivity contribution >= 4 is 40.8 Å². The summed E-state index contributed by atoms with van der Waals surface area (Å²) >= 11 is 12.5. The van der Waals surface area contributed by atoms with Gasteiger partial charge >= 0.3 is 0 Å². The van der Waals surface area contributed by atoms with Gasteiger partial charge in [0.25, 0.3) is 5.69 Å². The van der Waals surface area contributed by atoms with Gasteiger partial charge in [-0.2, -0.15) is 0 Å². The number of aliphatic imine (C=N–C) groups is 1. The van der Waals surface area contributed by atoms with Crippen LogP contribution in [0.5, 0.6) is 5.75 Å². The molecule has 0 spiro atoms. The minimum atomic E-state index is -0.479. The molecular weight excluding hydrogens is 406 g/mol. The maximum absolute atomic E-state index is 13.7. The van der Waals surface area contributed by atoms with Gasteiger partial charge in [0.15, 0.2) is 5.75 Å². The minimum absolute atomic E-state index is 0.0116. The normalized spacial score (nSPS) is 11.0. The van der Waals surface area contributed by atoms with Crippen LogP contribution in [0.1, 0.15) is 11.1 Å². The SMILES string of the molecule is O=[N+]([O-])c1ccc(N=Cc2cc(Cl)c(OCc3ccccc3F)c(Cl)c2)cc1. The number of nitrogens with zero attached hydrogens (tertiary/aromatic N) is 2. The quantitative estimate of drug-likeness (QED) is 0.265. The number of non-ortho nitro benzene ring substituents is 1. The lowest BCUT2D eigenvalue weighted by Crippen LogP contribution is -1.99. The van der Waals surface area contributed by atoms with Gasteiger partial charge < -0.3 is 4.74 Å². The molecule has 0 unspecified atom stereocenters. The Labute approximate surface area is 170 Å². The summed E-state index contributed by atoms with van der Waals surface area (Å²) in [5.74, 6) is -0.124. The molecule has 0 N–H and O–H groups in total. The lowest BCUT2D eigenvalue weighted by Gasteiger charge is -2.11. The van der Waals surface area contributed by atoms with Crippen molar-refractivity contribution in [3.63, 3.8) is 0 Å². The van der Waals surface area contributed by atoms with E-state index in [0.29, 0.717) is 16.8 Å². The van der Waals surface area contributed by atoms with Crippen LogP contribution in [-0.4, -0.2) is 11.1 Å². The molecule has 0 amide bonds. The second-order valence-electron chi connectivity index (χ2n) is 5.73. The molecule has 0 atom stereocenters. The van der Waals surface area contributed by atoms with Crippen LogP contribution in [-0.2, 0) is 6.61 Å². The van der Waals surface area contributed by atoms with E-state index in [1.54, 1.807) is 30.3 Å². The highest BCUT2D eigenvalue weighted by atomic mass is 35.5. The molecule has 0 saturated heterocycles. The Balaban J connectivity index is 1.74. The number of halogens is 3. The monoisotopic (exact) mass is 418 g/mol. The van der Waals surface area contributed by atoms with Crippen molar-refractivity contribution < 1.29 is 14.1 Å². The van der Waals surface area contributed by atoms with Crippen LogP contribution in [0.25, 0.3) is 0 Å². The summed E-state index contributed by atoms with van der Waals surface area (Å²) in [6.45, 7) is -0.0116. The number of ether oxygens (including phenoxy) is 1. The molecule has 5 nitrogen and oxygen atoms in total. The molecule has 3 rings (SSSR count). The Morgan fingerprint density at radius 1 is 1.07 bits per heavy atom. The fourth-order valence-corrected chi connectivity index (χ4v) is 2.98. The van der Waals surface area contributed by atoms with E-state index in [0.717, 1.165) is 0 Å². The standard InChI is InChI=1S/C20H13Cl2FN2O3/c21-17-9-13(11-24-15-5-7-16(8-6-15)25(26)27)10-18(22)20(17)28-12-14-3-1-2-4-19(14)23/h1-11H,12H2. The zero-order valence-corrected chi connectivity index (χ0v) is 15.8. The van der Waals surface area contributed by atoms with Gasteiger partial charge in [-0.15, -0.1) is 0 Å². The van der Waals surface area contributed by atoms with E-state index >= 15 is 0 Å². The molecule has 0 saturated carbocycles. The van der Waals surface area contributed by atoms with Crippen molar-refractivity contribution in [2.24, 2.45) is 4.99 Å². The second-order valence-corrected chi connectivity index (χ2v) is 6.54. The van der Waals surface area contributed by atoms with Crippen LogP contribution < -0.4 is 4.74 Å². The van der Waals surface area contributed by atoms with Gasteiger partial charge in [-0.25, -0.2) is 4.39 Å². The molecule has 0 aliphatic heterocycles. The summed E-state index contributed by atoms with van der Waals surface area (Å²) in [6.07, 6.45) is 1.53. The molecule has 0 radical (unpaired) electrons. The average Bonchev–Trinajstić information content (AvgIpc) is 2.67. The van der Waals surface area contributed by atoms with Crippen LogP contribution in [0.2, 0.25) is 10.0 Å². The molecule has 0 bridgehead atoms. The molecule has 28 heavy (non-hydrogen) atoms. The van der Waals surface area contributed by atoms with Crippen molar-refractivity contribution in [3.05, 3.63) is 97.8 Å². The van der Waals surface area contributed by atoms with Crippen molar-refractivity contribution in [2.75, 3.05) is 0 Å². The average molecular weight is 419 g/mol. The number of benzene rings is 3. The van der Waals surface area contributed by atoms with Gasteiger partial charge in [-0.05, 0) is 35.9 Å². The van der Waals surface area contributed by atoms with Crippen LogP contribution in [0, 0.1) is 15.9 Å². The predicted octanol–water partition coefficient (Wildman–Crippen LogP) is 6.37. The molecule has 0 aliphatic carbocycles. The summed E-state index contributed by atoms with van der Waals surface area (Å²) < 4.78 is 19.3. The van der Waals surface area contributed by atoms with E-state index in [2.05, 4.69) is 4.99 Å². The fourth-order valence-electron chi connectivity index (χ4n) is 2.37. The molecule has 3 aromatic carbocycles. The number of hydrogen-bond donors (Lipinski definition) is 0. The highest BCUT2D eigenvalue weighted by Gasteiger charge is 2.11. The van der Waals surface area contributed by atoms with E-state index < -0.39 is 4.92 Å². The van der Waals surface area contributed by atoms with Crippen molar-refractivity contribution in [2.45, 2.75) is 6.61 Å². The van der Waals surface area contributed by atoms with E-state index in [4.69, 9.17) is 27.9 Å². The first-order chi connectivity index (χ1) is 13.4. The Kier molecular flexibility index (Phi) is 6.23. The molecule has 0 fully saturated rings. The summed E-state index contributed by atoms with van der Waals surface area (Å²) in [7, 11) is 0. The zero-order chi connectivity index (χ0) is 20.1. The first kappa shape index (κ1) is 19.8. The molecule has 0 aromatic heterocycles. The maximum atomic E-state index is 13.7. The molecule has 3 aromatic rings. The van der Waals surface area contributed by atoms with Crippen molar-refractivity contribution in [3.8, 4) is 5.75 Å². The molecule has 0 heterocycles. The number of hydrogen-bond acceptors (Lipinski definition) is 4. The first-order valence-electron chi connectivity index (χ1n) is 8.08. The molecule has 142 valence electrons. The van der Waals surface area contributed by atoms with E-state index in [1.807, 2.05) is 0 Å². The summed E-state index contributed by atoms with van der Waals surface area (Å²) in [4.78, 5) is 14.4. The topological polar surface area (TPSA) is 64.7 Å². The predicted molar refractivity (Wildman–Crippen MR) is 108 cm³/mol. The lowest BCUT2D eigenvalue weighted by molar-refractivity contribution is -0.384. The highest BCUT2D eigenvalue weighted by Crippen LogP contribution is 2.34. The summed E-state index contributed by atoms with van der Waals surface area (Å²) in [5.41, 5.74) is 1.53. The second kappa shape index (κ2) is 8.82. The smallest absolute Gasteiger partial charge is 0.269 e. The number of nitro groups is 1. The molecule has 0 aliphatic rings. The number of nitro benzene ring substituents is 1. The van der Waals surface area contributed by atoms with Crippen LogP contribution in [0.4, 0.5) is 15.8 Å². The Bertz CT molecular complexity index is 1020. The van der Waals surface area contributed by atoms with Crippen LogP contribution in [0.3, 0.4) is 0 Å². The first-order valence-corrected chi connectivity index (χ1v) is 8.83. The van der Waals surface area contributed by atoms with Gasteiger partial charge in [0.2, 0.25) is 0 Å². The van der Waals surface area contributed by atoms with E-state index in [9.17, 15) is 14.5 Å². The van der Waals surface area contributed by atoms with Crippen molar-refractivity contribution in [1.82, 2.24) is 0 Å². The maximum Gasteiger partial charge on any atom is 0.269 e. The third-order valence-electron chi connectivity index (χ3n) is 3.77. The van der Waals surface area contributed by atoms with Gasteiger partial charge in [0, 0.05) is 23.9 Å². The lowest BCUT2D eigenvalue weighted by atomic mass is 10.2. The van der Waals surface area contributed by atoms with Crippen LogP contribution >= 0.6 is 23.2 Å². The molecular formula is C20H13Cl2FN2O3. The zero-order valence-electron chi connectivity index (χ0n) is 14.3. The van der Waals surface area contributed by atoms with E-state index in [-0.39, 0.29) is 33.9 Å². The largest absolute Gasteiger partial charge is 0.486 e. The Morgan fingerprint density at radius 2 is 1.71 bits per heavy atom. The summed E-state index contributed by atoms with van der Waals surface area (Å²) in [6, 6.07) is 15.3. The van der Waals surface area contributed by atoms with Gasteiger partial charge in [-0.1, -0.05) is 41.4 Å². The van der Waals surface area contributed by atoms with Gasteiger partial charge in [0.05, 0.1) is 20.7 Å².